The Morgan fingerprint density at radius 2 is 1.89 bits per heavy atom. The van der Waals surface area contributed by atoms with Gasteiger partial charge in [-0.05, 0) is 12.1 Å². The minimum absolute atomic E-state index is 0.159. The molecule has 0 radical (unpaired) electrons. The fourth-order valence-corrected chi connectivity index (χ4v) is 3.46. The van der Waals surface area contributed by atoms with E-state index < -0.39 is 0 Å². The van der Waals surface area contributed by atoms with Crippen LogP contribution in [0, 0.1) is 5.82 Å². The van der Waals surface area contributed by atoms with E-state index in [-0.39, 0.29) is 11.7 Å². The first-order chi connectivity index (χ1) is 13.5. The van der Waals surface area contributed by atoms with E-state index >= 15 is 0 Å². The molecule has 0 atom stereocenters. The average molecular weight is 395 g/mol. The Bertz CT molecular complexity index is 1200. The fourth-order valence-electron chi connectivity index (χ4n) is 3.11. The molecule has 0 aliphatic rings. The molecule has 0 saturated heterocycles. The number of fused-ring (bicyclic) bond motifs is 1. The second kappa shape index (κ2) is 7.05. The summed E-state index contributed by atoms with van der Waals surface area (Å²) in [6, 6.07) is 8.22. The summed E-state index contributed by atoms with van der Waals surface area (Å²) in [5.74, 6) is -0.502. The second-order valence-corrected chi connectivity index (χ2v) is 6.93. The molecule has 0 aliphatic heterocycles. The van der Waals surface area contributed by atoms with Crippen LogP contribution in [0.4, 0.5) is 4.39 Å². The Morgan fingerprint density at radius 3 is 2.64 bits per heavy atom. The van der Waals surface area contributed by atoms with Crippen LogP contribution in [0.2, 0.25) is 5.02 Å². The van der Waals surface area contributed by atoms with E-state index in [2.05, 4.69) is 15.0 Å². The number of aromatic amines is 1. The molecule has 3 aromatic heterocycles. The lowest BCUT2D eigenvalue weighted by atomic mass is 10.0. The topological polar surface area (TPSA) is 61.9 Å². The molecular weight excluding hydrogens is 379 g/mol. The number of halogens is 2. The zero-order chi connectivity index (χ0) is 19.8. The van der Waals surface area contributed by atoms with Gasteiger partial charge in [-0.1, -0.05) is 29.8 Å². The summed E-state index contributed by atoms with van der Waals surface area (Å²) >= 11 is 6.71. The van der Waals surface area contributed by atoms with Crippen LogP contribution in [0.15, 0.2) is 55.1 Å². The van der Waals surface area contributed by atoms with Crippen LogP contribution >= 0.6 is 11.6 Å². The summed E-state index contributed by atoms with van der Waals surface area (Å²) in [5.41, 5.74) is 3.34. The maximum Gasteiger partial charge on any atom is 0.254 e. The normalized spacial score (nSPS) is 11.0. The highest BCUT2D eigenvalue weighted by Gasteiger charge is 2.18. The number of nitrogens with one attached hydrogen (secondary N) is 1. The van der Waals surface area contributed by atoms with Gasteiger partial charge in [0.15, 0.2) is 0 Å². The predicted octanol–water partition coefficient (Wildman–Crippen LogP) is 4.79. The van der Waals surface area contributed by atoms with Gasteiger partial charge in [0.1, 0.15) is 11.5 Å². The van der Waals surface area contributed by atoms with Crippen molar-refractivity contribution in [1.29, 1.82) is 0 Å². The number of benzene rings is 1. The third-order valence-electron chi connectivity index (χ3n) is 4.50. The van der Waals surface area contributed by atoms with E-state index in [0.29, 0.717) is 43.9 Å². The second-order valence-electron chi connectivity index (χ2n) is 6.55. The van der Waals surface area contributed by atoms with Crippen LogP contribution in [0.3, 0.4) is 0 Å². The Balaban J connectivity index is 1.90. The largest absolute Gasteiger partial charge is 0.345 e. The highest BCUT2D eigenvalue weighted by Crippen LogP contribution is 2.39. The molecule has 28 heavy (non-hydrogen) atoms. The molecule has 0 aliphatic carbocycles. The Morgan fingerprint density at radius 1 is 1.11 bits per heavy atom. The number of H-pyrrole nitrogens is 1. The number of carbonyl (C=O) groups is 1. The molecule has 4 aromatic rings. The van der Waals surface area contributed by atoms with Crippen LogP contribution in [0.25, 0.3) is 33.3 Å². The van der Waals surface area contributed by atoms with Crippen molar-refractivity contribution in [3.05, 3.63) is 71.5 Å². The molecule has 1 aromatic carbocycles. The molecule has 0 saturated carbocycles. The zero-order valence-electron chi connectivity index (χ0n) is 15.2. The van der Waals surface area contributed by atoms with E-state index in [1.807, 2.05) is 0 Å². The average Bonchev–Trinajstić information content (AvgIpc) is 3.13. The molecule has 7 heteroatoms. The third kappa shape index (κ3) is 3.01. The lowest BCUT2D eigenvalue weighted by Crippen LogP contribution is -2.21. The predicted molar refractivity (Wildman–Crippen MR) is 108 cm³/mol. The number of hydrogen-bond donors (Lipinski definition) is 1. The number of amides is 1. The highest BCUT2D eigenvalue weighted by molar-refractivity contribution is 6.39. The van der Waals surface area contributed by atoms with Crippen molar-refractivity contribution in [3.63, 3.8) is 0 Å². The van der Waals surface area contributed by atoms with Gasteiger partial charge in [-0.2, -0.15) is 0 Å². The van der Waals surface area contributed by atoms with Gasteiger partial charge in [-0.15, -0.1) is 0 Å². The van der Waals surface area contributed by atoms with Crippen LogP contribution < -0.4 is 0 Å². The van der Waals surface area contributed by atoms with Crippen molar-refractivity contribution in [1.82, 2.24) is 19.9 Å². The van der Waals surface area contributed by atoms with Crippen LogP contribution in [-0.2, 0) is 0 Å². The van der Waals surface area contributed by atoms with Crippen molar-refractivity contribution in [2.24, 2.45) is 0 Å². The van der Waals surface area contributed by atoms with E-state index in [9.17, 15) is 9.18 Å². The van der Waals surface area contributed by atoms with Crippen LogP contribution in [-0.4, -0.2) is 39.9 Å². The highest BCUT2D eigenvalue weighted by atomic mass is 35.5. The van der Waals surface area contributed by atoms with Gasteiger partial charge in [0, 0.05) is 66.5 Å². The summed E-state index contributed by atoms with van der Waals surface area (Å²) < 4.78 is 14.3. The summed E-state index contributed by atoms with van der Waals surface area (Å²) in [5, 5.41) is 1.04. The molecule has 1 N–H and O–H groups in total. The van der Waals surface area contributed by atoms with Crippen LogP contribution in [0.5, 0.6) is 0 Å². The van der Waals surface area contributed by atoms with Crippen molar-refractivity contribution < 1.29 is 9.18 Å². The van der Waals surface area contributed by atoms with Gasteiger partial charge in [0.25, 0.3) is 5.91 Å². The van der Waals surface area contributed by atoms with E-state index in [4.69, 9.17) is 11.6 Å². The summed E-state index contributed by atoms with van der Waals surface area (Å²) in [7, 11) is 3.35. The molecule has 1 amide bonds. The van der Waals surface area contributed by atoms with E-state index in [1.165, 1.54) is 17.2 Å². The SMILES string of the molecule is CN(C)C(=O)c1cncc(-c2cnc3[nH]cc(-c4ccccc4F)c3c2Cl)c1. The van der Waals surface area contributed by atoms with Crippen molar-refractivity contribution in [3.8, 4) is 22.3 Å². The first-order valence-electron chi connectivity index (χ1n) is 8.55. The van der Waals surface area contributed by atoms with Gasteiger partial charge in [-0.3, -0.25) is 9.78 Å². The minimum atomic E-state index is -0.342. The standard InChI is InChI=1S/C21H16ClFN4O/c1-27(2)21(28)13-7-12(8-24-9-13)15-10-25-20-18(19(15)22)16(11-26-20)14-5-3-4-6-17(14)23/h3-11H,1-2H3,(H,25,26). The summed E-state index contributed by atoms with van der Waals surface area (Å²) in [6.45, 7) is 0. The summed E-state index contributed by atoms with van der Waals surface area (Å²) in [4.78, 5) is 25.4. The molecule has 140 valence electrons. The Kier molecular flexibility index (Phi) is 4.57. The van der Waals surface area contributed by atoms with E-state index in [0.717, 1.165) is 0 Å². The van der Waals surface area contributed by atoms with Crippen molar-refractivity contribution in [2.75, 3.05) is 14.1 Å². The fraction of sp³-hybridized carbons (Fsp3) is 0.0952. The first kappa shape index (κ1) is 18.1. The number of pyridine rings is 2. The molecule has 0 spiro atoms. The number of carbonyl (C=O) groups excluding carboxylic acids is 1. The van der Waals surface area contributed by atoms with Crippen molar-refractivity contribution in [2.45, 2.75) is 0 Å². The minimum Gasteiger partial charge on any atom is -0.345 e. The maximum absolute atomic E-state index is 14.3. The van der Waals surface area contributed by atoms with Gasteiger partial charge < -0.3 is 9.88 Å². The molecule has 0 unspecified atom stereocenters. The van der Waals surface area contributed by atoms with Crippen LogP contribution in [0.1, 0.15) is 10.4 Å². The molecule has 4 rings (SSSR count). The van der Waals surface area contributed by atoms with Gasteiger partial charge >= 0.3 is 0 Å². The van der Waals surface area contributed by atoms with E-state index in [1.54, 1.807) is 57.0 Å². The molecule has 0 bridgehead atoms. The van der Waals surface area contributed by atoms with Crippen molar-refractivity contribution >= 4 is 28.5 Å². The quantitative estimate of drug-likeness (QED) is 0.543. The molecule has 5 nitrogen and oxygen atoms in total. The first-order valence-corrected chi connectivity index (χ1v) is 8.92. The zero-order valence-corrected chi connectivity index (χ0v) is 16.0. The number of hydrogen-bond acceptors (Lipinski definition) is 3. The Hall–Kier alpha value is -3.25. The lowest BCUT2D eigenvalue weighted by molar-refractivity contribution is 0.0827. The van der Waals surface area contributed by atoms with Gasteiger partial charge in [-0.25, -0.2) is 9.37 Å². The van der Waals surface area contributed by atoms with Gasteiger partial charge in [0.2, 0.25) is 0 Å². The number of rotatable bonds is 3. The van der Waals surface area contributed by atoms with Gasteiger partial charge in [0.05, 0.1) is 10.6 Å². The summed E-state index contributed by atoms with van der Waals surface area (Å²) in [6.07, 6.45) is 6.44. The third-order valence-corrected chi connectivity index (χ3v) is 4.90. The Labute approximate surface area is 165 Å². The monoisotopic (exact) mass is 394 g/mol. The smallest absolute Gasteiger partial charge is 0.254 e. The molecule has 3 heterocycles. The number of aromatic nitrogens is 3. The molecular formula is C21H16ClFN4O. The maximum atomic E-state index is 14.3. The lowest BCUT2D eigenvalue weighted by Gasteiger charge is -2.12. The number of nitrogens with zero attached hydrogens (tertiary/aromatic N) is 3. The molecule has 0 fully saturated rings.